The lowest BCUT2D eigenvalue weighted by Crippen LogP contribution is -1.90. The van der Waals surface area contributed by atoms with Crippen molar-refractivity contribution >= 4 is 16.9 Å². The van der Waals surface area contributed by atoms with Gasteiger partial charge in [0.1, 0.15) is 10.0 Å². The summed E-state index contributed by atoms with van der Waals surface area (Å²) in [5, 5.41) is 9.54. The first-order valence-electron chi connectivity index (χ1n) is 3.98. The Kier molecular flexibility index (Phi) is 3.41. The van der Waals surface area contributed by atoms with Gasteiger partial charge in [-0.3, -0.25) is 0 Å². The van der Waals surface area contributed by atoms with E-state index in [0.29, 0.717) is 5.70 Å². The van der Waals surface area contributed by atoms with Crippen LogP contribution in [0.15, 0.2) is 30.6 Å². The van der Waals surface area contributed by atoms with Crippen molar-refractivity contribution in [2.75, 3.05) is 0 Å². The Balaban J connectivity index is 2.89. The number of hydrogen-bond acceptors (Lipinski definition) is 5. The molecule has 0 saturated carbocycles. The number of nitrogens with two attached hydrogens (primary N) is 2. The van der Waals surface area contributed by atoms with Crippen molar-refractivity contribution in [3.63, 3.8) is 0 Å². The molecule has 0 bridgehead atoms. The highest BCUT2D eigenvalue weighted by Gasteiger charge is 2.03. The maximum Gasteiger partial charge on any atom is 0.149 e. The van der Waals surface area contributed by atoms with E-state index in [9.17, 15) is 0 Å². The zero-order valence-electron chi connectivity index (χ0n) is 7.90. The minimum atomic E-state index is 0.477. The van der Waals surface area contributed by atoms with Crippen LogP contribution < -0.4 is 11.5 Å². The highest BCUT2D eigenvalue weighted by atomic mass is 32.1. The molecule has 4 N–H and O–H groups in total. The molecule has 0 aliphatic rings. The van der Waals surface area contributed by atoms with Crippen molar-refractivity contribution in [1.82, 2.24) is 10.2 Å². The van der Waals surface area contributed by atoms with Gasteiger partial charge in [-0.15, -0.1) is 10.2 Å². The van der Waals surface area contributed by atoms with Crippen molar-refractivity contribution in [2.24, 2.45) is 11.5 Å². The molecule has 0 unspecified atom stereocenters. The second-order valence-corrected chi connectivity index (χ2v) is 3.84. The molecule has 1 rings (SSSR count). The van der Waals surface area contributed by atoms with Crippen molar-refractivity contribution in [1.29, 1.82) is 0 Å². The van der Waals surface area contributed by atoms with Gasteiger partial charge in [0.25, 0.3) is 0 Å². The number of nitrogens with zero attached hydrogens (tertiary/aromatic N) is 2. The van der Waals surface area contributed by atoms with Gasteiger partial charge in [-0.1, -0.05) is 17.9 Å². The summed E-state index contributed by atoms with van der Waals surface area (Å²) in [6.45, 7) is 5.44. The fourth-order valence-corrected chi connectivity index (χ4v) is 1.51. The lowest BCUT2D eigenvalue weighted by Gasteiger charge is -1.93. The summed E-state index contributed by atoms with van der Waals surface area (Å²) >= 11 is 1.48. The Morgan fingerprint density at radius 1 is 1.43 bits per heavy atom. The third-order valence-electron chi connectivity index (χ3n) is 1.43. The van der Waals surface area contributed by atoms with Gasteiger partial charge in [-0.05, 0) is 19.1 Å². The number of rotatable bonds is 3. The lowest BCUT2D eigenvalue weighted by molar-refractivity contribution is 1.04. The largest absolute Gasteiger partial charge is 0.404 e. The van der Waals surface area contributed by atoms with E-state index in [1.54, 1.807) is 12.2 Å². The van der Waals surface area contributed by atoms with Gasteiger partial charge in [0, 0.05) is 17.5 Å². The molecule has 0 fully saturated rings. The van der Waals surface area contributed by atoms with Crippen molar-refractivity contribution < 1.29 is 0 Å². The van der Waals surface area contributed by atoms with Gasteiger partial charge in [0.15, 0.2) is 0 Å². The second kappa shape index (κ2) is 4.57. The Hall–Kier alpha value is -1.62. The van der Waals surface area contributed by atoms with Crippen LogP contribution in [0.1, 0.15) is 10.0 Å². The number of aromatic nitrogens is 2. The predicted octanol–water partition coefficient (Wildman–Crippen LogP) is 1.17. The molecule has 0 spiro atoms. The molecule has 0 aliphatic carbocycles. The van der Waals surface area contributed by atoms with E-state index in [1.807, 2.05) is 6.92 Å². The van der Waals surface area contributed by atoms with Gasteiger partial charge in [-0.25, -0.2) is 0 Å². The van der Waals surface area contributed by atoms with E-state index in [0.717, 1.165) is 15.6 Å². The standard InChI is InChI=1S/C9H12N4S/c1-6(11)3-4-8(5-10)9-13-12-7(2)14-9/h3-5H,1,10-11H2,2H3/b4-3-,8-5+. The first-order valence-corrected chi connectivity index (χ1v) is 4.80. The lowest BCUT2D eigenvalue weighted by atomic mass is 10.2. The minimum Gasteiger partial charge on any atom is -0.404 e. The topological polar surface area (TPSA) is 77.8 Å². The summed E-state index contributed by atoms with van der Waals surface area (Å²) in [5.41, 5.74) is 12.1. The number of allylic oxidation sites excluding steroid dienone is 3. The molecule has 0 aliphatic heterocycles. The monoisotopic (exact) mass is 208 g/mol. The van der Waals surface area contributed by atoms with Crippen LogP contribution in [0.2, 0.25) is 0 Å². The van der Waals surface area contributed by atoms with Crippen molar-refractivity contribution in [3.05, 3.63) is 40.6 Å². The smallest absolute Gasteiger partial charge is 0.149 e. The van der Waals surface area contributed by atoms with Crippen LogP contribution >= 0.6 is 11.3 Å². The average molecular weight is 208 g/mol. The highest BCUT2D eigenvalue weighted by Crippen LogP contribution is 2.18. The van der Waals surface area contributed by atoms with Gasteiger partial charge in [-0.2, -0.15) is 0 Å². The van der Waals surface area contributed by atoms with Gasteiger partial charge >= 0.3 is 0 Å². The van der Waals surface area contributed by atoms with E-state index in [-0.39, 0.29) is 0 Å². The molecule has 0 saturated heterocycles. The van der Waals surface area contributed by atoms with Gasteiger partial charge in [0.2, 0.25) is 0 Å². The van der Waals surface area contributed by atoms with E-state index in [1.165, 1.54) is 17.5 Å². The molecule has 0 radical (unpaired) electrons. The molecular weight excluding hydrogens is 196 g/mol. The van der Waals surface area contributed by atoms with E-state index in [4.69, 9.17) is 11.5 Å². The molecule has 5 heteroatoms. The summed E-state index contributed by atoms with van der Waals surface area (Å²) in [5.74, 6) is 0. The predicted molar refractivity (Wildman–Crippen MR) is 59.3 cm³/mol. The number of aryl methyl sites for hydroxylation is 1. The van der Waals surface area contributed by atoms with E-state index < -0.39 is 0 Å². The Bertz CT molecular complexity index is 389. The molecule has 0 atom stereocenters. The van der Waals surface area contributed by atoms with Crippen molar-refractivity contribution in [2.45, 2.75) is 6.92 Å². The molecule has 1 aromatic heterocycles. The van der Waals surface area contributed by atoms with Crippen LogP contribution in [0.4, 0.5) is 0 Å². The third-order valence-corrected chi connectivity index (χ3v) is 2.32. The average Bonchev–Trinajstić information content (AvgIpc) is 2.53. The molecule has 1 heterocycles. The van der Waals surface area contributed by atoms with E-state index in [2.05, 4.69) is 16.8 Å². The molecule has 74 valence electrons. The molecule has 1 aromatic rings. The first-order chi connectivity index (χ1) is 6.63. The SMILES string of the molecule is C=C(N)/C=C\C(=C/N)c1nnc(C)s1. The van der Waals surface area contributed by atoms with Crippen LogP contribution in [0, 0.1) is 6.92 Å². The normalized spacial score (nSPS) is 12.2. The second-order valence-electron chi connectivity index (χ2n) is 2.66. The summed E-state index contributed by atoms with van der Waals surface area (Å²) in [6, 6.07) is 0. The Labute approximate surface area is 86.6 Å². The summed E-state index contributed by atoms with van der Waals surface area (Å²) in [7, 11) is 0. The summed E-state index contributed by atoms with van der Waals surface area (Å²) in [6.07, 6.45) is 4.91. The summed E-state index contributed by atoms with van der Waals surface area (Å²) in [4.78, 5) is 0. The van der Waals surface area contributed by atoms with E-state index >= 15 is 0 Å². The Morgan fingerprint density at radius 3 is 2.57 bits per heavy atom. The Morgan fingerprint density at radius 2 is 2.14 bits per heavy atom. The zero-order valence-corrected chi connectivity index (χ0v) is 8.71. The summed E-state index contributed by atoms with van der Waals surface area (Å²) < 4.78 is 0. The molecule has 0 aromatic carbocycles. The van der Waals surface area contributed by atoms with Crippen LogP contribution in [0.5, 0.6) is 0 Å². The van der Waals surface area contributed by atoms with Crippen LogP contribution in [0.3, 0.4) is 0 Å². The quantitative estimate of drug-likeness (QED) is 0.731. The third kappa shape index (κ3) is 2.70. The zero-order chi connectivity index (χ0) is 10.6. The first kappa shape index (κ1) is 10.5. The molecule has 4 nitrogen and oxygen atoms in total. The number of hydrogen-bond donors (Lipinski definition) is 2. The van der Waals surface area contributed by atoms with Crippen LogP contribution in [-0.4, -0.2) is 10.2 Å². The fourth-order valence-electron chi connectivity index (χ4n) is 0.808. The van der Waals surface area contributed by atoms with Gasteiger partial charge < -0.3 is 11.5 Å². The van der Waals surface area contributed by atoms with Crippen LogP contribution in [-0.2, 0) is 0 Å². The maximum atomic E-state index is 5.46. The minimum absolute atomic E-state index is 0.477. The van der Waals surface area contributed by atoms with Crippen LogP contribution in [0.25, 0.3) is 5.57 Å². The molecule has 0 amide bonds. The van der Waals surface area contributed by atoms with Crippen molar-refractivity contribution in [3.8, 4) is 0 Å². The maximum absolute atomic E-state index is 5.46. The highest BCUT2D eigenvalue weighted by molar-refractivity contribution is 7.12. The fraction of sp³-hybridized carbons (Fsp3) is 0.111. The molecule has 14 heavy (non-hydrogen) atoms. The molecular formula is C9H12N4S. The van der Waals surface area contributed by atoms with Gasteiger partial charge in [0.05, 0.1) is 0 Å².